The first kappa shape index (κ1) is 14.9. The van der Waals surface area contributed by atoms with Gasteiger partial charge in [0.2, 0.25) is 10.0 Å². The molecule has 108 valence electrons. The van der Waals surface area contributed by atoms with E-state index in [1.807, 2.05) is 19.5 Å². The Morgan fingerprint density at radius 1 is 1.32 bits per heavy atom. The molecule has 2 heterocycles. The summed E-state index contributed by atoms with van der Waals surface area (Å²) >= 11 is 1.49. The van der Waals surface area contributed by atoms with Crippen molar-refractivity contribution in [1.82, 2.24) is 14.5 Å². The average molecular weight is 303 g/mol. The van der Waals surface area contributed by atoms with Crippen LogP contribution in [0.15, 0.2) is 16.3 Å². The molecule has 0 spiro atoms. The van der Waals surface area contributed by atoms with Crippen LogP contribution < -0.4 is 5.32 Å². The molecule has 0 bridgehead atoms. The number of hydrogen-bond acceptors (Lipinski definition) is 5. The van der Waals surface area contributed by atoms with Gasteiger partial charge in [0.1, 0.15) is 0 Å². The molecule has 1 aliphatic rings. The zero-order chi connectivity index (χ0) is 13.9. The quantitative estimate of drug-likeness (QED) is 0.894. The molecule has 1 aromatic rings. The van der Waals surface area contributed by atoms with E-state index < -0.39 is 10.0 Å². The van der Waals surface area contributed by atoms with Crippen LogP contribution >= 0.6 is 11.3 Å². The van der Waals surface area contributed by atoms with Crippen LogP contribution in [-0.4, -0.2) is 57.9 Å². The SMILES string of the molecule is CNCc1sccc1S(=O)(=O)N1CCCN(C)CC1. The molecule has 0 atom stereocenters. The van der Waals surface area contributed by atoms with Crippen LogP contribution in [-0.2, 0) is 16.6 Å². The molecular weight excluding hydrogens is 282 g/mol. The topological polar surface area (TPSA) is 52.7 Å². The Morgan fingerprint density at radius 2 is 2.11 bits per heavy atom. The van der Waals surface area contributed by atoms with Crippen molar-refractivity contribution in [2.75, 3.05) is 40.3 Å². The van der Waals surface area contributed by atoms with Gasteiger partial charge in [-0.15, -0.1) is 11.3 Å². The molecule has 0 aromatic carbocycles. The summed E-state index contributed by atoms with van der Waals surface area (Å²) in [6, 6.07) is 1.72. The van der Waals surface area contributed by atoms with Gasteiger partial charge in [-0.25, -0.2) is 8.42 Å². The van der Waals surface area contributed by atoms with E-state index >= 15 is 0 Å². The second kappa shape index (κ2) is 6.32. The molecule has 0 aliphatic carbocycles. The highest BCUT2D eigenvalue weighted by Crippen LogP contribution is 2.25. The number of likely N-dealkylation sites (N-methyl/N-ethyl adjacent to an activating group) is 1. The van der Waals surface area contributed by atoms with Gasteiger partial charge in [0.25, 0.3) is 0 Å². The second-order valence-corrected chi connectivity index (χ2v) is 7.71. The maximum Gasteiger partial charge on any atom is 0.244 e. The van der Waals surface area contributed by atoms with Gasteiger partial charge in [0.15, 0.2) is 0 Å². The van der Waals surface area contributed by atoms with Crippen LogP contribution in [0.2, 0.25) is 0 Å². The lowest BCUT2D eigenvalue weighted by Crippen LogP contribution is -2.34. The highest BCUT2D eigenvalue weighted by Gasteiger charge is 2.28. The van der Waals surface area contributed by atoms with Crippen molar-refractivity contribution in [3.05, 3.63) is 16.3 Å². The molecule has 1 N–H and O–H groups in total. The summed E-state index contributed by atoms with van der Waals surface area (Å²) in [7, 11) is 0.524. The van der Waals surface area contributed by atoms with Gasteiger partial charge in [-0.05, 0) is 38.5 Å². The molecule has 5 nitrogen and oxygen atoms in total. The summed E-state index contributed by atoms with van der Waals surface area (Å²) in [6.45, 7) is 3.54. The Labute approximate surface area is 119 Å². The van der Waals surface area contributed by atoms with Gasteiger partial charge in [-0.2, -0.15) is 4.31 Å². The first-order chi connectivity index (χ1) is 9.05. The lowest BCUT2D eigenvalue weighted by atomic mass is 10.4. The van der Waals surface area contributed by atoms with Gasteiger partial charge in [0, 0.05) is 31.1 Å². The predicted octanol–water partition coefficient (Wildman–Crippen LogP) is 0.794. The Kier molecular flexibility index (Phi) is 4.97. The van der Waals surface area contributed by atoms with Crippen molar-refractivity contribution in [2.45, 2.75) is 17.9 Å². The molecule has 1 aliphatic heterocycles. The van der Waals surface area contributed by atoms with Crippen molar-refractivity contribution >= 4 is 21.4 Å². The fourth-order valence-corrected chi connectivity index (χ4v) is 5.15. The Balaban J connectivity index is 2.23. The van der Waals surface area contributed by atoms with Gasteiger partial charge in [0.05, 0.1) is 4.90 Å². The number of thiophene rings is 1. The Bertz CT molecular complexity index is 513. The summed E-state index contributed by atoms with van der Waals surface area (Å²) in [5.74, 6) is 0. The highest BCUT2D eigenvalue weighted by molar-refractivity contribution is 7.89. The van der Waals surface area contributed by atoms with Crippen LogP contribution in [0.3, 0.4) is 0 Å². The molecule has 0 unspecified atom stereocenters. The monoisotopic (exact) mass is 303 g/mol. The maximum atomic E-state index is 12.7. The first-order valence-electron chi connectivity index (χ1n) is 6.45. The van der Waals surface area contributed by atoms with Crippen LogP contribution in [0.5, 0.6) is 0 Å². The minimum atomic E-state index is -3.34. The van der Waals surface area contributed by atoms with Gasteiger partial charge in [-0.1, -0.05) is 0 Å². The van der Waals surface area contributed by atoms with Crippen molar-refractivity contribution in [3.63, 3.8) is 0 Å². The molecule has 0 radical (unpaired) electrons. The van der Waals surface area contributed by atoms with Crippen molar-refractivity contribution in [1.29, 1.82) is 0 Å². The Hall–Kier alpha value is -0.470. The fourth-order valence-electron chi connectivity index (χ4n) is 2.25. The summed E-state index contributed by atoms with van der Waals surface area (Å²) in [5, 5.41) is 4.87. The van der Waals surface area contributed by atoms with Crippen molar-refractivity contribution in [3.8, 4) is 0 Å². The van der Waals surface area contributed by atoms with E-state index in [1.54, 1.807) is 10.4 Å². The van der Waals surface area contributed by atoms with E-state index in [-0.39, 0.29) is 0 Å². The van der Waals surface area contributed by atoms with Gasteiger partial charge < -0.3 is 10.2 Å². The van der Waals surface area contributed by atoms with E-state index in [1.165, 1.54) is 11.3 Å². The number of sulfonamides is 1. The minimum absolute atomic E-state index is 0.469. The summed E-state index contributed by atoms with van der Waals surface area (Å²) in [6.07, 6.45) is 0.890. The lowest BCUT2D eigenvalue weighted by molar-refractivity contribution is 0.347. The van der Waals surface area contributed by atoms with Crippen LogP contribution in [0.4, 0.5) is 0 Å². The van der Waals surface area contributed by atoms with Crippen LogP contribution in [0.1, 0.15) is 11.3 Å². The van der Waals surface area contributed by atoms with E-state index in [0.29, 0.717) is 24.5 Å². The second-order valence-electron chi connectivity index (χ2n) is 4.80. The third kappa shape index (κ3) is 3.35. The van der Waals surface area contributed by atoms with Gasteiger partial charge in [-0.3, -0.25) is 0 Å². The third-order valence-corrected chi connectivity index (χ3v) is 6.37. The Morgan fingerprint density at radius 3 is 2.84 bits per heavy atom. The van der Waals surface area contributed by atoms with Crippen LogP contribution in [0, 0.1) is 0 Å². The van der Waals surface area contributed by atoms with E-state index in [0.717, 1.165) is 24.4 Å². The molecular formula is C12H21N3O2S2. The highest BCUT2D eigenvalue weighted by atomic mass is 32.2. The molecule has 7 heteroatoms. The molecule has 1 fully saturated rings. The summed E-state index contributed by atoms with van der Waals surface area (Å²) in [4.78, 5) is 3.54. The zero-order valence-electron chi connectivity index (χ0n) is 11.4. The number of nitrogens with zero attached hydrogens (tertiary/aromatic N) is 2. The zero-order valence-corrected chi connectivity index (χ0v) is 13.1. The van der Waals surface area contributed by atoms with E-state index in [4.69, 9.17) is 0 Å². The standard InChI is InChI=1S/C12H21N3O2S2/c1-13-10-11-12(4-9-18-11)19(16,17)15-6-3-5-14(2)7-8-15/h4,9,13H,3,5-8,10H2,1-2H3. The number of hydrogen-bond donors (Lipinski definition) is 1. The normalized spacial score (nSPS) is 19.5. The fraction of sp³-hybridized carbons (Fsp3) is 0.667. The number of nitrogens with one attached hydrogen (secondary N) is 1. The summed E-state index contributed by atoms with van der Waals surface area (Å²) < 4.78 is 27.0. The maximum absolute atomic E-state index is 12.7. The number of rotatable bonds is 4. The molecule has 0 amide bonds. The lowest BCUT2D eigenvalue weighted by Gasteiger charge is -2.20. The van der Waals surface area contributed by atoms with E-state index in [2.05, 4.69) is 10.2 Å². The molecule has 19 heavy (non-hydrogen) atoms. The van der Waals surface area contributed by atoms with E-state index in [9.17, 15) is 8.42 Å². The molecule has 1 aromatic heterocycles. The van der Waals surface area contributed by atoms with Gasteiger partial charge >= 0.3 is 0 Å². The largest absolute Gasteiger partial charge is 0.315 e. The van der Waals surface area contributed by atoms with Crippen LogP contribution in [0.25, 0.3) is 0 Å². The average Bonchev–Trinajstić information content (AvgIpc) is 2.71. The first-order valence-corrected chi connectivity index (χ1v) is 8.77. The molecule has 1 saturated heterocycles. The predicted molar refractivity (Wildman–Crippen MR) is 78.0 cm³/mol. The smallest absolute Gasteiger partial charge is 0.244 e. The summed E-state index contributed by atoms with van der Waals surface area (Å²) in [5.41, 5.74) is 0. The van der Waals surface area contributed by atoms with Crippen molar-refractivity contribution in [2.24, 2.45) is 0 Å². The third-order valence-electron chi connectivity index (χ3n) is 3.34. The molecule has 2 rings (SSSR count). The van der Waals surface area contributed by atoms with Crippen molar-refractivity contribution < 1.29 is 8.42 Å². The molecule has 0 saturated carbocycles. The minimum Gasteiger partial charge on any atom is -0.315 e.